The number of rotatable bonds is 9. The normalized spacial score (nSPS) is 18.4. The van der Waals surface area contributed by atoms with Gasteiger partial charge >= 0.3 is 11.9 Å². The van der Waals surface area contributed by atoms with Crippen LogP contribution in [-0.2, 0) is 30.3 Å². The Kier molecular flexibility index (Phi) is 9.04. The first-order valence-electron chi connectivity index (χ1n) is 11.1. The third-order valence-electron chi connectivity index (χ3n) is 5.17. The first-order chi connectivity index (χ1) is 14.6. The summed E-state index contributed by atoms with van der Waals surface area (Å²) in [5.74, 6) is -0.956. The second kappa shape index (κ2) is 11.3. The number of amides is 1. The van der Waals surface area contributed by atoms with Crippen LogP contribution in [0.3, 0.4) is 0 Å². The van der Waals surface area contributed by atoms with Crippen molar-refractivity contribution in [1.82, 2.24) is 10.2 Å². The maximum absolute atomic E-state index is 13.1. The number of carbonyl (C=O) groups is 3. The smallest absolute Gasteiger partial charge is 0.329 e. The van der Waals surface area contributed by atoms with Gasteiger partial charge in [-0.1, -0.05) is 30.3 Å². The molecule has 1 aromatic rings. The van der Waals surface area contributed by atoms with Gasteiger partial charge in [-0.2, -0.15) is 0 Å². The van der Waals surface area contributed by atoms with Crippen LogP contribution in [0.25, 0.3) is 0 Å². The Morgan fingerprint density at radius 3 is 2.48 bits per heavy atom. The van der Waals surface area contributed by atoms with Crippen LogP contribution in [0.5, 0.6) is 0 Å². The molecule has 0 aliphatic carbocycles. The fraction of sp³-hybridized carbons (Fsp3) is 0.625. The van der Waals surface area contributed by atoms with E-state index < -0.39 is 23.7 Å². The summed E-state index contributed by atoms with van der Waals surface area (Å²) in [6.07, 6.45) is 2.53. The lowest BCUT2D eigenvalue weighted by molar-refractivity contribution is -0.163. The molecule has 31 heavy (non-hydrogen) atoms. The Bertz CT molecular complexity index is 744. The van der Waals surface area contributed by atoms with Gasteiger partial charge in [0.1, 0.15) is 17.7 Å². The number of esters is 2. The summed E-state index contributed by atoms with van der Waals surface area (Å²) in [4.78, 5) is 39.7. The lowest BCUT2D eigenvalue weighted by atomic mass is 10.0. The highest BCUT2D eigenvalue weighted by molar-refractivity contribution is 5.88. The molecule has 1 fully saturated rings. The van der Waals surface area contributed by atoms with Crippen molar-refractivity contribution in [1.29, 1.82) is 0 Å². The number of benzene rings is 1. The Hall–Kier alpha value is -2.41. The van der Waals surface area contributed by atoms with Crippen molar-refractivity contribution in [2.75, 3.05) is 13.2 Å². The molecule has 0 aromatic heterocycles. The summed E-state index contributed by atoms with van der Waals surface area (Å²) < 4.78 is 10.7. The van der Waals surface area contributed by atoms with Crippen molar-refractivity contribution in [3.8, 4) is 0 Å². The molecule has 1 aromatic carbocycles. The second-order valence-corrected chi connectivity index (χ2v) is 8.94. The number of ether oxygens (including phenoxy) is 2. The first-order valence-corrected chi connectivity index (χ1v) is 11.1. The molecule has 1 saturated heterocycles. The summed E-state index contributed by atoms with van der Waals surface area (Å²) in [5, 5.41) is 3.14. The van der Waals surface area contributed by atoms with Crippen molar-refractivity contribution in [2.45, 2.75) is 84.0 Å². The van der Waals surface area contributed by atoms with Crippen LogP contribution in [0.1, 0.15) is 59.4 Å². The minimum absolute atomic E-state index is 0.206. The van der Waals surface area contributed by atoms with E-state index >= 15 is 0 Å². The quantitative estimate of drug-likeness (QED) is 0.604. The van der Waals surface area contributed by atoms with E-state index in [4.69, 9.17) is 9.47 Å². The molecule has 1 aliphatic rings. The van der Waals surface area contributed by atoms with Crippen LogP contribution in [-0.4, -0.2) is 59.6 Å². The van der Waals surface area contributed by atoms with Gasteiger partial charge in [0.15, 0.2) is 0 Å². The number of aryl methyl sites for hydroxylation is 1. The number of carbonyl (C=O) groups excluding carboxylic acids is 3. The monoisotopic (exact) mass is 432 g/mol. The van der Waals surface area contributed by atoms with Gasteiger partial charge in [0.2, 0.25) is 5.91 Å². The molecule has 7 nitrogen and oxygen atoms in total. The third kappa shape index (κ3) is 7.65. The molecule has 0 spiro atoms. The number of nitrogens with zero attached hydrogens (tertiary/aromatic N) is 1. The minimum Gasteiger partial charge on any atom is -0.465 e. The zero-order valence-electron chi connectivity index (χ0n) is 19.3. The summed E-state index contributed by atoms with van der Waals surface area (Å²) in [6.45, 7) is 9.70. The molecular weight excluding hydrogens is 396 g/mol. The van der Waals surface area contributed by atoms with Crippen LogP contribution in [0.4, 0.5) is 0 Å². The van der Waals surface area contributed by atoms with Gasteiger partial charge in [0.05, 0.1) is 12.6 Å². The van der Waals surface area contributed by atoms with E-state index in [-0.39, 0.29) is 24.5 Å². The molecule has 7 heteroatoms. The molecule has 0 radical (unpaired) electrons. The van der Waals surface area contributed by atoms with E-state index in [0.29, 0.717) is 25.8 Å². The van der Waals surface area contributed by atoms with Crippen molar-refractivity contribution in [2.24, 2.45) is 0 Å². The lowest BCUT2D eigenvalue weighted by Gasteiger charge is -2.30. The molecule has 3 atom stereocenters. The topological polar surface area (TPSA) is 84.9 Å². The van der Waals surface area contributed by atoms with Crippen molar-refractivity contribution in [3.05, 3.63) is 35.9 Å². The summed E-state index contributed by atoms with van der Waals surface area (Å²) in [7, 11) is 0. The summed E-state index contributed by atoms with van der Waals surface area (Å²) in [6, 6.07) is 8.05. The Labute approximate surface area is 185 Å². The molecule has 1 unspecified atom stereocenters. The highest BCUT2D eigenvalue weighted by atomic mass is 16.6. The third-order valence-corrected chi connectivity index (χ3v) is 5.17. The van der Waals surface area contributed by atoms with E-state index in [1.807, 2.05) is 51.1 Å². The highest BCUT2D eigenvalue weighted by Crippen LogP contribution is 2.22. The van der Waals surface area contributed by atoms with E-state index in [9.17, 15) is 14.4 Å². The van der Waals surface area contributed by atoms with E-state index in [1.54, 1.807) is 18.7 Å². The zero-order valence-corrected chi connectivity index (χ0v) is 19.3. The van der Waals surface area contributed by atoms with Gasteiger partial charge in [-0.25, -0.2) is 4.79 Å². The molecular formula is C24H36N2O5. The minimum atomic E-state index is -0.631. The standard InChI is InChI=1S/C24H36N2O5/c1-6-30-22(28)19(15-14-18-11-8-7-9-12-18)25-17(2)21(27)26-16-10-13-20(26)23(29)31-24(3,4)5/h7-9,11-12,17,19-20,25H,6,10,13-16H2,1-5H3/t17?,19-,20-/m0/s1. The van der Waals surface area contributed by atoms with Crippen LogP contribution >= 0.6 is 0 Å². The summed E-state index contributed by atoms with van der Waals surface area (Å²) in [5.41, 5.74) is 0.507. The Morgan fingerprint density at radius 1 is 1.19 bits per heavy atom. The molecule has 1 amide bonds. The number of nitrogens with one attached hydrogen (secondary N) is 1. The molecule has 1 N–H and O–H groups in total. The SMILES string of the molecule is CCOC(=O)[C@H](CCc1ccccc1)NC(C)C(=O)N1CCC[C@H]1C(=O)OC(C)(C)C. The molecule has 2 rings (SSSR count). The van der Waals surface area contributed by atoms with E-state index in [2.05, 4.69) is 5.32 Å². The summed E-state index contributed by atoms with van der Waals surface area (Å²) >= 11 is 0. The molecule has 0 bridgehead atoms. The van der Waals surface area contributed by atoms with Crippen LogP contribution < -0.4 is 5.32 Å². The molecule has 1 aliphatic heterocycles. The highest BCUT2D eigenvalue weighted by Gasteiger charge is 2.39. The van der Waals surface area contributed by atoms with Crippen molar-refractivity contribution >= 4 is 17.8 Å². The van der Waals surface area contributed by atoms with Crippen LogP contribution in [0.15, 0.2) is 30.3 Å². The fourth-order valence-corrected chi connectivity index (χ4v) is 3.73. The zero-order chi connectivity index (χ0) is 23.0. The Morgan fingerprint density at radius 2 is 1.87 bits per heavy atom. The van der Waals surface area contributed by atoms with E-state index in [1.165, 1.54) is 0 Å². The molecule has 0 saturated carbocycles. The van der Waals surface area contributed by atoms with Crippen LogP contribution in [0.2, 0.25) is 0 Å². The lowest BCUT2D eigenvalue weighted by Crippen LogP contribution is -2.53. The number of hydrogen-bond acceptors (Lipinski definition) is 6. The van der Waals surface area contributed by atoms with Gasteiger partial charge in [-0.15, -0.1) is 0 Å². The van der Waals surface area contributed by atoms with Gasteiger partial charge < -0.3 is 14.4 Å². The van der Waals surface area contributed by atoms with Gasteiger partial charge in [-0.3, -0.25) is 14.9 Å². The van der Waals surface area contributed by atoms with Crippen molar-refractivity contribution in [3.63, 3.8) is 0 Å². The predicted molar refractivity (Wildman–Crippen MR) is 118 cm³/mol. The molecule has 1 heterocycles. The number of likely N-dealkylation sites (tertiary alicyclic amines) is 1. The molecule has 172 valence electrons. The second-order valence-electron chi connectivity index (χ2n) is 8.94. The Balaban J connectivity index is 2.03. The van der Waals surface area contributed by atoms with Crippen LogP contribution in [0, 0.1) is 0 Å². The maximum atomic E-state index is 13.1. The van der Waals surface area contributed by atoms with Gasteiger partial charge in [0, 0.05) is 6.54 Å². The first kappa shape index (κ1) is 24.9. The predicted octanol–water partition coefficient (Wildman–Crippen LogP) is 2.86. The van der Waals surface area contributed by atoms with Crippen molar-refractivity contribution < 1.29 is 23.9 Å². The largest absolute Gasteiger partial charge is 0.465 e. The fourth-order valence-electron chi connectivity index (χ4n) is 3.73. The average molecular weight is 433 g/mol. The maximum Gasteiger partial charge on any atom is 0.329 e. The average Bonchev–Trinajstić information content (AvgIpc) is 3.20. The van der Waals surface area contributed by atoms with Gasteiger partial charge in [-0.05, 0) is 65.9 Å². The van der Waals surface area contributed by atoms with E-state index in [0.717, 1.165) is 12.0 Å². The number of hydrogen-bond donors (Lipinski definition) is 1. The van der Waals surface area contributed by atoms with Gasteiger partial charge in [0.25, 0.3) is 0 Å².